The van der Waals surface area contributed by atoms with Crippen LogP contribution in [0.3, 0.4) is 0 Å². The Hall–Kier alpha value is -3.08. The minimum absolute atomic E-state index is 0.261. The van der Waals surface area contributed by atoms with Crippen molar-refractivity contribution in [1.29, 1.82) is 0 Å². The molecule has 5 heteroatoms. The molecule has 0 fully saturated rings. The first kappa shape index (κ1) is 22.2. The third-order valence-corrected chi connectivity index (χ3v) is 4.49. The summed E-state index contributed by atoms with van der Waals surface area (Å²) in [6, 6.07) is 13.3. The standard InChI is InChI=1S/C24H29NO4/c1-16(2)20-10-7-11-21(17(3)4)24(20)25-22(26)15-29-23(27)13-12-18-8-6-9-19(14-18)28-5/h6-14,16-17H,15H2,1-5H3,(H,25,26). The Balaban J connectivity index is 1.99. The molecule has 5 nitrogen and oxygen atoms in total. The van der Waals surface area contributed by atoms with Gasteiger partial charge in [0.05, 0.1) is 7.11 Å². The van der Waals surface area contributed by atoms with Crippen molar-refractivity contribution in [2.24, 2.45) is 0 Å². The molecule has 0 aliphatic rings. The van der Waals surface area contributed by atoms with Crippen LogP contribution in [-0.2, 0) is 14.3 Å². The molecule has 2 aromatic rings. The molecule has 1 N–H and O–H groups in total. The van der Waals surface area contributed by atoms with Gasteiger partial charge in [-0.2, -0.15) is 0 Å². The number of rotatable bonds is 8. The van der Waals surface area contributed by atoms with Gasteiger partial charge < -0.3 is 14.8 Å². The summed E-state index contributed by atoms with van der Waals surface area (Å²) < 4.78 is 10.2. The Morgan fingerprint density at radius 2 is 1.62 bits per heavy atom. The van der Waals surface area contributed by atoms with Gasteiger partial charge in [-0.05, 0) is 46.7 Å². The summed E-state index contributed by atoms with van der Waals surface area (Å²) in [5.74, 6) is 0.284. The SMILES string of the molecule is COc1cccc(C=CC(=O)OCC(=O)Nc2c(C(C)C)cccc2C(C)C)c1. The summed E-state index contributed by atoms with van der Waals surface area (Å²) in [7, 11) is 1.58. The van der Waals surface area contributed by atoms with E-state index in [9.17, 15) is 9.59 Å². The molecule has 0 unspecified atom stereocenters. The van der Waals surface area contributed by atoms with Crippen LogP contribution in [-0.4, -0.2) is 25.6 Å². The number of nitrogens with one attached hydrogen (secondary N) is 1. The number of hydrogen-bond acceptors (Lipinski definition) is 4. The average molecular weight is 395 g/mol. The lowest BCUT2D eigenvalue weighted by Gasteiger charge is -2.20. The maximum absolute atomic E-state index is 12.4. The molecule has 0 heterocycles. The Kier molecular flexibility index (Phi) is 8.01. The van der Waals surface area contributed by atoms with Crippen LogP contribution >= 0.6 is 0 Å². The van der Waals surface area contributed by atoms with Crippen LogP contribution in [0.2, 0.25) is 0 Å². The van der Waals surface area contributed by atoms with Gasteiger partial charge in [-0.1, -0.05) is 58.0 Å². The van der Waals surface area contributed by atoms with Gasteiger partial charge in [0.15, 0.2) is 6.61 Å². The number of para-hydroxylation sites is 1. The van der Waals surface area contributed by atoms with E-state index < -0.39 is 5.97 Å². The van der Waals surface area contributed by atoms with Crippen LogP contribution in [0.1, 0.15) is 56.2 Å². The lowest BCUT2D eigenvalue weighted by Crippen LogP contribution is -2.22. The van der Waals surface area contributed by atoms with Gasteiger partial charge in [-0.3, -0.25) is 4.79 Å². The van der Waals surface area contributed by atoms with Crippen LogP contribution < -0.4 is 10.1 Å². The molecule has 0 aliphatic heterocycles. The second-order valence-electron chi connectivity index (χ2n) is 7.39. The van der Waals surface area contributed by atoms with E-state index in [0.29, 0.717) is 5.75 Å². The van der Waals surface area contributed by atoms with Crippen molar-refractivity contribution in [2.45, 2.75) is 39.5 Å². The molecular formula is C24H29NO4. The number of anilines is 1. The lowest BCUT2D eigenvalue weighted by atomic mass is 9.92. The number of ether oxygens (including phenoxy) is 2. The number of hydrogen-bond donors (Lipinski definition) is 1. The first-order chi connectivity index (χ1) is 13.8. The number of carbonyl (C=O) groups excluding carboxylic acids is 2. The fraction of sp³-hybridized carbons (Fsp3) is 0.333. The topological polar surface area (TPSA) is 64.6 Å². The summed E-state index contributed by atoms with van der Waals surface area (Å²) in [6.07, 6.45) is 2.91. The van der Waals surface area contributed by atoms with Crippen molar-refractivity contribution in [2.75, 3.05) is 19.0 Å². The minimum atomic E-state index is -0.579. The molecule has 154 valence electrons. The predicted octanol–water partition coefficient (Wildman–Crippen LogP) is 5.14. The molecule has 0 saturated heterocycles. The first-order valence-electron chi connectivity index (χ1n) is 9.73. The van der Waals surface area contributed by atoms with Gasteiger partial charge in [0.25, 0.3) is 5.91 Å². The molecule has 29 heavy (non-hydrogen) atoms. The van der Waals surface area contributed by atoms with Crippen LogP contribution in [0.5, 0.6) is 5.75 Å². The number of esters is 1. The van der Waals surface area contributed by atoms with Crippen LogP contribution in [0.25, 0.3) is 6.08 Å². The predicted molar refractivity (Wildman–Crippen MR) is 116 cm³/mol. The molecule has 1 amide bonds. The van der Waals surface area contributed by atoms with Crippen molar-refractivity contribution >= 4 is 23.6 Å². The van der Waals surface area contributed by atoms with Gasteiger partial charge in [0, 0.05) is 11.8 Å². The molecule has 0 atom stereocenters. The molecule has 0 radical (unpaired) electrons. The minimum Gasteiger partial charge on any atom is -0.497 e. The van der Waals surface area contributed by atoms with Crippen LogP contribution in [0.4, 0.5) is 5.69 Å². The quantitative estimate of drug-likeness (QED) is 0.497. The van der Waals surface area contributed by atoms with Crippen LogP contribution in [0, 0.1) is 0 Å². The summed E-state index contributed by atoms with van der Waals surface area (Å²) >= 11 is 0. The Morgan fingerprint density at radius 3 is 2.21 bits per heavy atom. The van der Waals surface area contributed by atoms with E-state index in [2.05, 4.69) is 33.0 Å². The van der Waals surface area contributed by atoms with E-state index in [4.69, 9.17) is 9.47 Å². The second kappa shape index (κ2) is 10.5. The molecule has 0 aliphatic carbocycles. The van der Waals surface area contributed by atoms with Gasteiger partial charge in [0.1, 0.15) is 5.75 Å². The van der Waals surface area contributed by atoms with Crippen molar-refractivity contribution in [3.63, 3.8) is 0 Å². The zero-order valence-electron chi connectivity index (χ0n) is 17.7. The van der Waals surface area contributed by atoms with E-state index in [1.54, 1.807) is 19.3 Å². The number of amides is 1. The van der Waals surface area contributed by atoms with Gasteiger partial charge in [-0.15, -0.1) is 0 Å². The van der Waals surface area contributed by atoms with Gasteiger partial charge in [0.2, 0.25) is 0 Å². The van der Waals surface area contributed by atoms with Crippen molar-refractivity contribution in [1.82, 2.24) is 0 Å². The molecule has 2 rings (SSSR count). The maximum atomic E-state index is 12.4. The Morgan fingerprint density at radius 1 is 1.00 bits per heavy atom. The van der Waals surface area contributed by atoms with E-state index in [-0.39, 0.29) is 24.3 Å². The van der Waals surface area contributed by atoms with E-state index in [1.807, 2.05) is 36.4 Å². The normalized spacial score (nSPS) is 11.1. The highest BCUT2D eigenvalue weighted by Crippen LogP contribution is 2.32. The zero-order valence-corrected chi connectivity index (χ0v) is 17.7. The highest BCUT2D eigenvalue weighted by Gasteiger charge is 2.16. The Bertz CT molecular complexity index is 858. The van der Waals surface area contributed by atoms with E-state index in [1.165, 1.54) is 6.08 Å². The van der Waals surface area contributed by atoms with Crippen molar-refractivity contribution in [3.05, 3.63) is 65.2 Å². The average Bonchev–Trinajstić information content (AvgIpc) is 2.70. The summed E-state index contributed by atoms with van der Waals surface area (Å²) in [6.45, 7) is 7.99. The summed E-state index contributed by atoms with van der Waals surface area (Å²) in [4.78, 5) is 24.4. The number of benzene rings is 2. The fourth-order valence-corrected chi connectivity index (χ4v) is 2.97. The largest absolute Gasteiger partial charge is 0.497 e. The number of carbonyl (C=O) groups is 2. The second-order valence-corrected chi connectivity index (χ2v) is 7.39. The zero-order chi connectivity index (χ0) is 21.4. The molecular weight excluding hydrogens is 366 g/mol. The molecule has 2 aromatic carbocycles. The lowest BCUT2D eigenvalue weighted by molar-refractivity contribution is -0.142. The van der Waals surface area contributed by atoms with Gasteiger partial charge in [-0.25, -0.2) is 4.79 Å². The van der Waals surface area contributed by atoms with Crippen LogP contribution in [0.15, 0.2) is 48.5 Å². The third-order valence-electron chi connectivity index (χ3n) is 4.49. The molecule has 0 saturated carbocycles. The van der Waals surface area contributed by atoms with E-state index >= 15 is 0 Å². The summed E-state index contributed by atoms with van der Waals surface area (Å²) in [5, 5.41) is 2.93. The Labute approximate surface area is 172 Å². The molecule has 0 aromatic heterocycles. The molecule has 0 bridgehead atoms. The molecule has 0 spiro atoms. The summed E-state index contributed by atoms with van der Waals surface area (Å²) in [5.41, 5.74) is 3.74. The van der Waals surface area contributed by atoms with Crippen molar-refractivity contribution in [3.8, 4) is 5.75 Å². The first-order valence-corrected chi connectivity index (χ1v) is 9.73. The highest BCUT2D eigenvalue weighted by molar-refractivity contribution is 5.96. The monoisotopic (exact) mass is 395 g/mol. The highest BCUT2D eigenvalue weighted by atomic mass is 16.5. The van der Waals surface area contributed by atoms with Gasteiger partial charge >= 0.3 is 5.97 Å². The third kappa shape index (κ3) is 6.49. The number of methoxy groups -OCH3 is 1. The van der Waals surface area contributed by atoms with E-state index in [0.717, 1.165) is 22.4 Å². The fourth-order valence-electron chi connectivity index (χ4n) is 2.97. The maximum Gasteiger partial charge on any atom is 0.331 e. The smallest absolute Gasteiger partial charge is 0.331 e. The van der Waals surface area contributed by atoms with Crippen molar-refractivity contribution < 1.29 is 19.1 Å².